The van der Waals surface area contributed by atoms with Crippen LogP contribution in [-0.2, 0) is 4.79 Å². The van der Waals surface area contributed by atoms with Gasteiger partial charge in [0.1, 0.15) is 5.78 Å². The van der Waals surface area contributed by atoms with Crippen molar-refractivity contribution < 1.29 is 4.79 Å². The quantitative estimate of drug-likeness (QED) is 0.587. The molecule has 2 nitrogen and oxygen atoms in total. The Kier molecular flexibility index (Phi) is 5.73. The Bertz CT molecular complexity index is 106. The van der Waals surface area contributed by atoms with Crippen molar-refractivity contribution >= 4 is 18.4 Å². The number of thiol groups is 1. The van der Waals surface area contributed by atoms with Crippen molar-refractivity contribution in [2.24, 2.45) is 11.7 Å². The first-order valence-electron chi connectivity index (χ1n) is 3.56. The molecule has 0 heterocycles. The first-order valence-corrected chi connectivity index (χ1v) is 4.19. The van der Waals surface area contributed by atoms with Gasteiger partial charge in [-0.1, -0.05) is 6.92 Å². The first-order chi connectivity index (χ1) is 4.72. The zero-order chi connectivity index (χ0) is 7.98. The van der Waals surface area contributed by atoms with Crippen LogP contribution in [0.2, 0.25) is 0 Å². The zero-order valence-electron chi connectivity index (χ0n) is 6.34. The van der Waals surface area contributed by atoms with Crippen LogP contribution in [0.15, 0.2) is 0 Å². The number of hydrogen-bond donors (Lipinski definition) is 2. The van der Waals surface area contributed by atoms with Gasteiger partial charge in [0.05, 0.1) is 0 Å². The fraction of sp³-hybridized carbons (Fsp3) is 0.857. The van der Waals surface area contributed by atoms with Gasteiger partial charge in [0.2, 0.25) is 0 Å². The summed E-state index contributed by atoms with van der Waals surface area (Å²) in [5, 5.41) is 0. The average Bonchev–Trinajstić information content (AvgIpc) is 1.98. The molecule has 0 spiro atoms. The lowest BCUT2D eigenvalue weighted by atomic mass is 10.0. The maximum atomic E-state index is 11.0. The van der Waals surface area contributed by atoms with Crippen molar-refractivity contribution in [1.82, 2.24) is 0 Å². The third-order valence-electron chi connectivity index (χ3n) is 1.48. The number of rotatable bonds is 5. The van der Waals surface area contributed by atoms with Gasteiger partial charge in [-0.2, -0.15) is 12.6 Å². The minimum atomic E-state index is 0.0277. The van der Waals surface area contributed by atoms with Gasteiger partial charge in [-0.05, 0) is 12.2 Å². The van der Waals surface area contributed by atoms with Crippen LogP contribution in [0.25, 0.3) is 0 Å². The van der Waals surface area contributed by atoms with Gasteiger partial charge in [-0.3, -0.25) is 4.79 Å². The predicted molar refractivity (Wildman–Crippen MR) is 46.3 cm³/mol. The van der Waals surface area contributed by atoms with E-state index in [9.17, 15) is 4.79 Å². The molecule has 1 unspecified atom stereocenters. The number of ketones is 1. The van der Waals surface area contributed by atoms with Crippen LogP contribution < -0.4 is 5.73 Å². The Balaban J connectivity index is 3.42. The summed E-state index contributed by atoms with van der Waals surface area (Å²) >= 11 is 4.01. The molecule has 0 saturated heterocycles. The second-order valence-electron chi connectivity index (χ2n) is 2.43. The minimum absolute atomic E-state index is 0.0277. The number of hydrogen-bond acceptors (Lipinski definition) is 3. The normalized spacial score (nSPS) is 13.1. The Morgan fingerprint density at radius 2 is 2.30 bits per heavy atom. The molecule has 0 aliphatic heterocycles. The molecule has 0 aromatic rings. The maximum absolute atomic E-state index is 11.0. The summed E-state index contributed by atoms with van der Waals surface area (Å²) in [5.41, 5.74) is 5.30. The molecule has 0 aromatic heterocycles. The first kappa shape index (κ1) is 9.98. The lowest BCUT2D eigenvalue weighted by Gasteiger charge is -2.04. The highest BCUT2D eigenvalue weighted by molar-refractivity contribution is 7.80. The van der Waals surface area contributed by atoms with Crippen LogP contribution in [0.5, 0.6) is 0 Å². The van der Waals surface area contributed by atoms with E-state index in [1.807, 2.05) is 6.92 Å². The van der Waals surface area contributed by atoms with Gasteiger partial charge in [0.15, 0.2) is 0 Å². The summed E-state index contributed by atoms with van der Waals surface area (Å²) in [4.78, 5) is 11.0. The molecule has 0 radical (unpaired) electrons. The van der Waals surface area contributed by atoms with Crippen molar-refractivity contribution in [3.8, 4) is 0 Å². The molecule has 0 fully saturated rings. The predicted octanol–water partition coefficient (Wildman–Crippen LogP) is 0.860. The maximum Gasteiger partial charge on any atom is 0.136 e. The van der Waals surface area contributed by atoms with Crippen molar-refractivity contribution in [3.05, 3.63) is 0 Å². The molecule has 60 valence electrons. The molecule has 0 aromatic carbocycles. The van der Waals surface area contributed by atoms with Crippen LogP contribution in [0.3, 0.4) is 0 Å². The van der Waals surface area contributed by atoms with Gasteiger partial charge in [0, 0.05) is 18.9 Å². The summed E-state index contributed by atoms with van der Waals surface area (Å²) in [7, 11) is 0. The van der Waals surface area contributed by atoms with Crippen LogP contribution >= 0.6 is 12.6 Å². The number of carbonyl (C=O) groups excluding carboxylic acids is 1. The largest absolute Gasteiger partial charge is 0.330 e. The van der Waals surface area contributed by atoms with E-state index in [0.29, 0.717) is 13.0 Å². The number of carbonyl (C=O) groups is 1. The SMILES string of the molecule is CC(CN)C(=O)CCCS. The Morgan fingerprint density at radius 3 is 2.70 bits per heavy atom. The van der Waals surface area contributed by atoms with Gasteiger partial charge in [-0.25, -0.2) is 0 Å². The second kappa shape index (κ2) is 5.74. The molecule has 10 heavy (non-hydrogen) atoms. The molecule has 0 aliphatic rings. The summed E-state index contributed by atoms with van der Waals surface area (Å²) in [6, 6.07) is 0. The molecule has 0 rings (SSSR count). The lowest BCUT2D eigenvalue weighted by Crippen LogP contribution is -2.20. The standard InChI is InChI=1S/C7H15NOS/c1-6(5-8)7(9)3-2-4-10/h6,10H,2-5,8H2,1H3. The van der Waals surface area contributed by atoms with E-state index < -0.39 is 0 Å². The van der Waals surface area contributed by atoms with Crippen LogP contribution in [0.4, 0.5) is 0 Å². The Hall–Kier alpha value is -0.0200. The van der Waals surface area contributed by atoms with Crippen LogP contribution in [-0.4, -0.2) is 18.1 Å². The second-order valence-corrected chi connectivity index (χ2v) is 2.88. The molecule has 0 amide bonds. The van der Waals surface area contributed by atoms with Gasteiger partial charge < -0.3 is 5.73 Å². The van der Waals surface area contributed by atoms with E-state index in [0.717, 1.165) is 12.2 Å². The lowest BCUT2D eigenvalue weighted by molar-refractivity contribution is -0.122. The van der Waals surface area contributed by atoms with Crippen LogP contribution in [0.1, 0.15) is 19.8 Å². The number of nitrogens with two attached hydrogens (primary N) is 1. The zero-order valence-corrected chi connectivity index (χ0v) is 7.23. The summed E-state index contributed by atoms with van der Waals surface area (Å²) in [6.45, 7) is 2.33. The molecule has 2 N–H and O–H groups in total. The molecule has 0 saturated carbocycles. The molecule has 0 bridgehead atoms. The molecule has 3 heteroatoms. The van der Waals surface area contributed by atoms with E-state index in [2.05, 4.69) is 12.6 Å². The van der Waals surface area contributed by atoms with Gasteiger partial charge in [0.25, 0.3) is 0 Å². The average molecular weight is 161 g/mol. The monoisotopic (exact) mass is 161 g/mol. The van der Waals surface area contributed by atoms with Gasteiger partial charge >= 0.3 is 0 Å². The highest BCUT2D eigenvalue weighted by Crippen LogP contribution is 2.01. The molecule has 1 atom stereocenters. The number of Topliss-reactive ketones (excluding diaryl/α,β-unsaturated/α-hetero) is 1. The topological polar surface area (TPSA) is 43.1 Å². The minimum Gasteiger partial charge on any atom is -0.330 e. The van der Waals surface area contributed by atoms with Crippen molar-refractivity contribution in [1.29, 1.82) is 0 Å². The highest BCUT2D eigenvalue weighted by atomic mass is 32.1. The van der Waals surface area contributed by atoms with E-state index in [-0.39, 0.29) is 11.7 Å². The van der Waals surface area contributed by atoms with Crippen molar-refractivity contribution in [3.63, 3.8) is 0 Å². The van der Waals surface area contributed by atoms with E-state index in [1.54, 1.807) is 0 Å². The Morgan fingerprint density at radius 1 is 1.70 bits per heavy atom. The smallest absolute Gasteiger partial charge is 0.136 e. The third-order valence-corrected chi connectivity index (χ3v) is 1.80. The van der Waals surface area contributed by atoms with Gasteiger partial charge in [-0.15, -0.1) is 0 Å². The highest BCUT2D eigenvalue weighted by Gasteiger charge is 2.08. The van der Waals surface area contributed by atoms with Crippen LogP contribution in [0, 0.1) is 5.92 Å². The third kappa shape index (κ3) is 3.90. The molecule has 0 aliphatic carbocycles. The summed E-state index contributed by atoms with van der Waals surface area (Å²) < 4.78 is 0. The molecular weight excluding hydrogens is 146 g/mol. The summed E-state index contributed by atoms with van der Waals surface area (Å²) in [6.07, 6.45) is 1.49. The Labute approximate surface area is 67.6 Å². The summed E-state index contributed by atoms with van der Waals surface area (Å²) in [5.74, 6) is 1.07. The van der Waals surface area contributed by atoms with Crippen molar-refractivity contribution in [2.45, 2.75) is 19.8 Å². The van der Waals surface area contributed by atoms with E-state index >= 15 is 0 Å². The van der Waals surface area contributed by atoms with E-state index in [4.69, 9.17) is 5.73 Å². The molecular formula is C7H15NOS. The van der Waals surface area contributed by atoms with E-state index in [1.165, 1.54) is 0 Å². The fourth-order valence-electron chi connectivity index (χ4n) is 0.631. The van der Waals surface area contributed by atoms with Crippen molar-refractivity contribution in [2.75, 3.05) is 12.3 Å². The fourth-order valence-corrected chi connectivity index (χ4v) is 0.789.